The van der Waals surface area contributed by atoms with E-state index in [1.165, 1.54) is 5.69 Å². The summed E-state index contributed by atoms with van der Waals surface area (Å²) in [4.78, 5) is 21.6. The van der Waals surface area contributed by atoms with Gasteiger partial charge in [-0.3, -0.25) is 9.78 Å². The summed E-state index contributed by atoms with van der Waals surface area (Å²) >= 11 is 0. The average Bonchev–Trinajstić information content (AvgIpc) is 2.87. The van der Waals surface area contributed by atoms with Gasteiger partial charge in [0, 0.05) is 55.5 Å². The van der Waals surface area contributed by atoms with Gasteiger partial charge < -0.3 is 15.1 Å². The first kappa shape index (κ1) is 22.7. The Hall–Kier alpha value is -3.48. The first-order valence-corrected chi connectivity index (χ1v) is 11.7. The van der Waals surface area contributed by atoms with Crippen molar-refractivity contribution in [2.24, 2.45) is 5.92 Å². The SMILES string of the molecule is CCN(CC)c1ccc(NC(=O)C2CCCN(c3ccc(-c4ccncc4)nn3)C2)c(C)c1. The number of carbonyl (C=O) groups is 1. The van der Waals surface area contributed by atoms with E-state index >= 15 is 0 Å². The summed E-state index contributed by atoms with van der Waals surface area (Å²) in [5.74, 6) is 0.798. The number of hydrogen-bond acceptors (Lipinski definition) is 6. The van der Waals surface area contributed by atoms with Crippen LogP contribution in [0.1, 0.15) is 32.3 Å². The van der Waals surface area contributed by atoms with Crippen LogP contribution in [0.4, 0.5) is 17.2 Å². The number of nitrogens with zero attached hydrogens (tertiary/aromatic N) is 5. The number of rotatable bonds is 7. The molecular formula is C26H32N6O. The van der Waals surface area contributed by atoms with Crippen molar-refractivity contribution in [1.29, 1.82) is 0 Å². The van der Waals surface area contributed by atoms with Crippen molar-refractivity contribution in [3.05, 3.63) is 60.4 Å². The van der Waals surface area contributed by atoms with Crippen LogP contribution in [0.2, 0.25) is 0 Å². The number of benzene rings is 1. The second-order valence-electron chi connectivity index (χ2n) is 8.46. The lowest BCUT2D eigenvalue weighted by atomic mass is 9.96. The van der Waals surface area contributed by atoms with Crippen LogP contribution in [0.3, 0.4) is 0 Å². The number of pyridine rings is 1. The second kappa shape index (κ2) is 10.4. The van der Waals surface area contributed by atoms with Gasteiger partial charge in [0.25, 0.3) is 0 Å². The molecule has 0 aliphatic carbocycles. The Morgan fingerprint density at radius 3 is 2.55 bits per heavy atom. The number of nitrogens with one attached hydrogen (secondary N) is 1. The number of aromatic nitrogens is 3. The highest BCUT2D eigenvalue weighted by Gasteiger charge is 2.27. The Labute approximate surface area is 195 Å². The van der Waals surface area contributed by atoms with Crippen LogP contribution >= 0.6 is 0 Å². The molecule has 0 saturated carbocycles. The fraction of sp³-hybridized carbons (Fsp3) is 0.385. The third-order valence-corrected chi connectivity index (χ3v) is 6.34. The molecule has 33 heavy (non-hydrogen) atoms. The first-order valence-electron chi connectivity index (χ1n) is 11.7. The normalized spacial score (nSPS) is 15.8. The van der Waals surface area contributed by atoms with E-state index in [0.717, 1.165) is 60.8 Å². The third kappa shape index (κ3) is 5.30. The molecule has 1 aromatic carbocycles. The van der Waals surface area contributed by atoms with Crippen molar-refractivity contribution in [1.82, 2.24) is 15.2 Å². The highest BCUT2D eigenvalue weighted by molar-refractivity contribution is 5.94. The van der Waals surface area contributed by atoms with Gasteiger partial charge in [0.15, 0.2) is 5.82 Å². The fourth-order valence-electron chi connectivity index (χ4n) is 4.38. The van der Waals surface area contributed by atoms with Crippen LogP contribution in [0, 0.1) is 12.8 Å². The predicted octanol–water partition coefficient (Wildman–Crippen LogP) is 4.55. The zero-order chi connectivity index (χ0) is 23.2. The van der Waals surface area contributed by atoms with Crippen molar-refractivity contribution < 1.29 is 4.79 Å². The van der Waals surface area contributed by atoms with Crippen LogP contribution < -0.4 is 15.1 Å². The molecule has 1 aliphatic rings. The van der Waals surface area contributed by atoms with Gasteiger partial charge in [-0.25, -0.2) is 0 Å². The van der Waals surface area contributed by atoms with Gasteiger partial charge in [-0.15, -0.1) is 10.2 Å². The Bertz CT molecular complexity index is 1070. The van der Waals surface area contributed by atoms with Gasteiger partial charge in [0.05, 0.1) is 11.6 Å². The number of piperidine rings is 1. The monoisotopic (exact) mass is 444 g/mol. The molecule has 0 radical (unpaired) electrons. The molecule has 3 aromatic rings. The van der Waals surface area contributed by atoms with E-state index in [1.54, 1.807) is 12.4 Å². The Morgan fingerprint density at radius 2 is 1.88 bits per heavy atom. The molecular weight excluding hydrogens is 412 g/mol. The van der Waals surface area contributed by atoms with Gasteiger partial charge >= 0.3 is 0 Å². The fourth-order valence-corrected chi connectivity index (χ4v) is 4.38. The number of carbonyl (C=O) groups excluding carboxylic acids is 1. The summed E-state index contributed by atoms with van der Waals surface area (Å²) in [6.07, 6.45) is 5.32. The number of amides is 1. The van der Waals surface area contributed by atoms with E-state index < -0.39 is 0 Å². The van der Waals surface area contributed by atoms with E-state index in [4.69, 9.17) is 0 Å². The first-order chi connectivity index (χ1) is 16.1. The average molecular weight is 445 g/mol. The van der Waals surface area contributed by atoms with Crippen molar-refractivity contribution in [3.8, 4) is 11.3 Å². The Morgan fingerprint density at radius 1 is 1.09 bits per heavy atom. The van der Waals surface area contributed by atoms with Crippen molar-refractivity contribution in [2.45, 2.75) is 33.6 Å². The second-order valence-corrected chi connectivity index (χ2v) is 8.46. The smallest absolute Gasteiger partial charge is 0.229 e. The molecule has 7 nitrogen and oxygen atoms in total. The molecule has 172 valence electrons. The highest BCUT2D eigenvalue weighted by atomic mass is 16.1. The molecule has 1 unspecified atom stereocenters. The maximum atomic E-state index is 13.1. The number of aryl methyl sites for hydroxylation is 1. The summed E-state index contributed by atoms with van der Waals surface area (Å²) < 4.78 is 0. The van der Waals surface area contributed by atoms with Crippen LogP contribution in [0.15, 0.2) is 54.9 Å². The lowest BCUT2D eigenvalue weighted by Gasteiger charge is -2.32. The van der Waals surface area contributed by atoms with E-state index in [2.05, 4.69) is 63.2 Å². The largest absolute Gasteiger partial charge is 0.372 e. The van der Waals surface area contributed by atoms with E-state index in [9.17, 15) is 4.79 Å². The van der Waals surface area contributed by atoms with Crippen molar-refractivity contribution in [2.75, 3.05) is 41.3 Å². The molecule has 1 amide bonds. The molecule has 7 heteroatoms. The van der Waals surface area contributed by atoms with Crippen LogP contribution in [-0.2, 0) is 4.79 Å². The van der Waals surface area contributed by atoms with Gasteiger partial charge in [-0.05, 0) is 81.6 Å². The van der Waals surface area contributed by atoms with E-state index in [-0.39, 0.29) is 11.8 Å². The number of anilines is 3. The molecule has 1 fully saturated rings. The zero-order valence-electron chi connectivity index (χ0n) is 19.7. The molecule has 1 atom stereocenters. The maximum absolute atomic E-state index is 13.1. The molecule has 1 N–H and O–H groups in total. The van der Waals surface area contributed by atoms with E-state index in [1.807, 2.05) is 30.3 Å². The molecule has 2 aromatic heterocycles. The van der Waals surface area contributed by atoms with Gasteiger partial charge in [-0.1, -0.05) is 0 Å². The lowest BCUT2D eigenvalue weighted by Crippen LogP contribution is -2.41. The summed E-state index contributed by atoms with van der Waals surface area (Å²) in [5, 5.41) is 12.0. The summed E-state index contributed by atoms with van der Waals surface area (Å²) in [7, 11) is 0. The van der Waals surface area contributed by atoms with E-state index in [0.29, 0.717) is 6.54 Å². The minimum atomic E-state index is -0.0812. The zero-order valence-corrected chi connectivity index (χ0v) is 19.7. The van der Waals surface area contributed by atoms with Crippen molar-refractivity contribution >= 4 is 23.1 Å². The number of hydrogen-bond donors (Lipinski definition) is 1. The molecule has 1 saturated heterocycles. The Balaban J connectivity index is 1.41. The third-order valence-electron chi connectivity index (χ3n) is 6.34. The minimum absolute atomic E-state index is 0.0692. The van der Waals surface area contributed by atoms with Crippen LogP contribution in [-0.4, -0.2) is 47.3 Å². The molecule has 0 spiro atoms. The maximum Gasteiger partial charge on any atom is 0.229 e. The van der Waals surface area contributed by atoms with Gasteiger partial charge in [0.2, 0.25) is 5.91 Å². The molecule has 3 heterocycles. The lowest BCUT2D eigenvalue weighted by molar-refractivity contribution is -0.120. The summed E-state index contributed by atoms with van der Waals surface area (Å²) in [5.41, 5.74) is 4.96. The molecule has 4 rings (SSSR count). The summed E-state index contributed by atoms with van der Waals surface area (Å²) in [6.45, 7) is 9.81. The van der Waals surface area contributed by atoms with Crippen LogP contribution in [0.25, 0.3) is 11.3 Å². The van der Waals surface area contributed by atoms with Crippen molar-refractivity contribution in [3.63, 3.8) is 0 Å². The van der Waals surface area contributed by atoms with Crippen LogP contribution in [0.5, 0.6) is 0 Å². The Kier molecular flexibility index (Phi) is 7.17. The standard InChI is InChI=1S/C26H32N6O/c1-4-31(5-2)22-8-9-23(19(3)17-22)28-26(33)21-7-6-16-32(18-21)25-11-10-24(29-30-25)20-12-14-27-15-13-20/h8-15,17,21H,4-7,16,18H2,1-3H3,(H,28,33). The molecule has 0 bridgehead atoms. The van der Waals surface area contributed by atoms with Gasteiger partial charge in [0.1, 0.15) is 0 Å². The van der Waals surface area contributed by atoms with Gasteiger partial charge in [-0.2, -0.15) is 0 Å². The quantitative estimate of drug-likeness (QED) is 0.576. The highest BCUT2D eigenvalue weighted by Crippen LogP contribution is 2.26. The summed E-state index contributed by atoms with van der Waals surface area (Å²) in [6, 6.07) is 14.0. The minimum Gasteiger partial charge on any atom is -0.372 e. The molecule has 1 aliphatic heterocycles. The topological polar surface area (TPSA) is 74.2 Å². The predicted molar refractivity (Wildman–Crippen MR) is 134 cm³/mol.